The maximum Gasteiger partial charge on any atom is 0.338 e. The third kappa shape index (κ3) is 3.47. The van der Waals surface area contributed by atoms with E-state index in [1.165, 1.54) is 18.2 Å². The van der Waals surface area contributed by atoms with E-state index >= 15 is 0 Å². The van der Waals surface area contributed by atoms with E-state index < -0.39 is 5.97 Å². The van der Waals surface area contributed by atoms with Crippen molar-refractivity contribution in [3.63, 3.8) is 0 Å². The minimum absolute atomic E-state index is 0.0691. The van der Waals surface area contributed by atoms with Gasteiger partial charge in [0.05, 0.1) is 17.2 Å². The van der Waals surface area contributed by atoms with Crippen LogP contribution < -0.4 is 0 Å². The summed E-state index contributed by atoms with van der Waals surface area (Å²) in [5.74, 6) is -0.446. The third-order valence-corrected chi connectivity index (χ3v) is 3.27. The molecule has 0 aliphatic rings. The lowest BCUT2D eigenvalue weighted by atomic mass is 10.1. The van der Waals surface area contributed by atoms with Gasteiger partial charge >= 0.3 is 5.97 Å². The van der Waals surface area contributed by atoms with Gasteiger partial charge in [0, 0.05) is 11.6 Å². The van der Waals surface area contributed by atoms with Gasteiger partial charge in [-0.15, -0.1) is 0 Å². The van der Waals surface area contributed by atoms with E-state index in [2.05, 4.69) is 5.16 Å². The molecule has 6 heteroatoms. The molecule has 0 saturated heterocycles. The molecule has 0 atom stereocenters. The molecule has 0 amide bonds. The Bertz CT molecular complexity index is 911. The number of carbonyl (C=O) groups is 1. The lowest BCUT2D eigenvalue weighted by Gasteiger charge is -2.02. The van der Waals surface area contributed by atoms with Crippen LogP contribution in [0.1, 0.15) is 21.6 Å². The van der Waals surface area contributed by atoms with Crippen molar-refractivity contribution in [3.8, 4) is 17.4 Å². The topological polar surface area (TPSA) is 76.1 Å². The maximum atomic E-state index is 12.9. The van der Waals surface area contributed by atoms with Crippen molar-refractivity contribution in [1.29, 1.82) is 5.26 Å². The summed E-state index contributed by atoms with van der Waals surface area (Å²) in [7, 11) is 0. The fourth-order valence-corrected chi connectivity index (χ4v) is 2.07. The van der Waals surface area contributed by atoms with Gasteiger partial charge in [-0.05, 0) is 42.5 Å². The number of ether oxygens (including phenoxy) is 1. The molecule has 0 N–H and O–H groups in total. The van der Waals surface area contributed by atoms with E-state index in [0.717, 1.165) is 0 Å². The van der Waals surface area contributed by atoms with Crippen molar-refractivity contribution in [2.75, 3.05) is 0 Å². The van der Waals surface area contributed by atoms with Crippen molar-refractivity contribution >= 4 is 5.97 Å². The third-order valence-electron chi connectivity index (χ3n) is 3.27. The number of aromatic nitrogens is 1. The zero-order valence-corrected chi connectivity index (χ0v) is 12.4. The van der Waals surface area contributed by atoms with Crippen molar-refractivity contribution in [1.82, 2.24) is 5.16 Å². The first-order chi connectivity index (χ1) is 11.7. The zero-order valence-electron chi connectivity index (χ0n) is 12.4. The summed E-state index contributed by atoms with van der Waals surface area (Å²) in [5, 5.41) is 12.6. The van der Waals surface area contributed by atoms with Crippen LogP contribution in [-0.4, -0.2) is 11.1 Å². The minimum atomic E-state index is -0.557. The molecule has 0 aliphatic heterocycles. The molecular weight excluding hydrogens is 311 g/mol. The monoisotopic (exact) mass is 322 g/mol. The van der Waals surface area contributed by atoms with E-state index in [1.807, 2.05) is 6.07 Å². The van der Waals surface area contributed by atoms with Crippen molar-refractivity contribution < 1.29 is 18.4 Å². The molecule has 0 fully saturated rings. The van der Waals surface area contributed by atoms with Gasteiger partial charge in [-0.3, -0.25) is 0 Å². The normalized spacial score (nSPS) is 10.2. The van der Waals surface area contributed by atoms with Crippen LogP contribution >= 0.6 is 0 Å². The van der Waals surface area contributed by atoms with E-state index in [-0.39, 0.29) is 18.0 Å². The number of nitrogens with zero attached hydrogens (tertiary/aromatic N) is 2. The van der Waals surface area contributed by atoms with Gasteiger partial charge in [0.2, 0.25) is 0 Å². The number of halogens is 1. The Labute approximate surface area is 136 Å². The Kier molecular flexibility index (Phi) is 4.34. The summed E-state index contributed by atoms with van der Waals surface area (Å²) < 4.78 is 23.2. The summed E-state index contributed by atoms with van der Waals surface area (Å²) in [4.78, 5) is 12.0. The molecule has 1 heterocycles. The smallest absolute Gasteiger partial charge is 0.338 e. The lowest BCUT2D eigenvalue weighted by Crippen LogP contribution is -2.05. The van der Waals surface area contributed by atoms with E-state index in [4.69, 9.17) is 14.5 Å². The number of esters is 1. The van der Waals surface area contributed by atoms with Crippen molar-refractivity contribution in [2.45, 2.75) is 6.61 Å². The zero-order chi connectivity index (χ0) is 16.9. The van der Waals surface area contributed by atoms with Crippen LogP contribution in [0.5, 0.6) is 0 Å². The van der Waals surface area contributed by atoms with Gasteiger partial charge in [-0.25, -0.2) is 9.18 Å². The van der Waals surface area contributed by atoms with E-state index in [1.54, 1.807) is 36.4 Å². The Morgan fingerprint density at radius 1 is 1.21 bits per heavy atom. The molecule has 118 valence electrons. The SMILES string of the molecule is N#Cc1cccc(C(=O)OCc2cc(-c3ccc(F)cc3)on2)c1. The molecule has 24 heavy (non-hydrogen) atoms. The number of carbonyl (C=O) groups excluding carboxylic acids is 1. The van der Waals surface area contributed by atoms with Crippen LogP contribution in [0.3, 0.4) is 0 Å². The summed E-state index contributed by atoms with van der Waals surface area (Å²) in [5.41, 5.74) is 1.77. The van der Waals surface area contributed by atoms with Crippen molar-refractivity contribution in [2.24, 2.45) is 0 Å². The van der Waals surface area contributed by atoms with Gasteiger partial charge in [0.15, 0.2) is 5.76 Å². The molecule has 3 aromatic rings. The first kappa shape index (κ1) is 15.4. The number of benzene rings is 2. The fraction of sp³-hybridized carbons (Fsp3) is 0.0556. The lowest BCUT2D eigenvalue weighted by molar-refractivity contribution is 0.0464. The van der Waals surface area contributed by atoms with Crippen LogP contribution in [0.15, 0.2) is 59.1 Å². The molecule has 0 saturated carbocycles. The largest absolute Gasteiger partial charge is 0.455 e. The van der Waals surface area contributed by atoms with Gasteiger partial charge in [0.25, 0.3) is 0 Å². The average molecular weight is 322 g/mol. The molecule has 0 unspecified atom stereocenters. The van der Waals surface area contributed by atoms with Crippen molar-refractivity contribution in [3.05, 3.63) is 77.2 Å². The van der Waals surface area contributed by atoms with E-state index in [0.29, 0.717) is 22.6 Å². The molecule has 0 bridgehead atoms. The summed E-state index contributed by atoms with van der Waals surface area (Å²) >= 11 is 0. The number of hydrogen-bond donors (Lipinski definition) is 0. The average Bonchev–Trinajstić information content (AvgIpc) is 3.09. The molecule has 0 aliphatic carbocycles. The van der Waals surface area contributed by atoms with Crippen LogP contribution in [0.4, 0.5) is 4.39 Å². The molecule has 1 aromatic heterocycles. The fourth-order valence-electron chi connectivity index (χ4n) is 2.07. The van der Waals surface area contributed by atoms with Crippen LogP contribution in [0.2, 0.25) is 0 Å². The van der Waals surface area contributed by atoms with Gasteiger partial charge in [-0.1, -0.05) is 11.2 Å². The Morgan fingerprint density at radius 3 is 2.75 bits per heavy atom. The molecule has 0 spiro atoms. The molecule has 0 radical (unpaired) electrons. The Morgan fingerprint density at radius 2 is 2.00 bits per heavy atom. The highest BCUT2D eigenvalue weighted by Crippen LogP contribution is 2.21. The summed E-state index contributed by atoms with van der Waals surface area (Å²) in [6.07, 6.45) is 0. The van der Waals surface area contributed by atoms with Gasteiger partial charge in [0.1, 0.15) is 18.1 Å². The van der Waals surface area contributed by atoms with Gasteiger partial charge < -0.3 is 9.26 Å². The highest BCUT2D eigenvalue weighted by atomic mass is 19.1. The number of nitriles is 1. The predicted octanol–water partition coefficient (Wildman–Crippen LogP) is 3.71. The van der Waals surface area contributed by atoms with Crippen LogP contribution in [-0.2, 0) is 11.3 Å². The maximum absolute atomic E-state index is 12.9. The number of hydrogen-bond acceptors (Lipinski definition) is 5. The molecule has 3 rings (SSSR count). The highest BCUT2D eigenvalue weighted by Gasteiger charge is 2.11. The first-order valence-electron chi connectivity index (χ1n) is 7.04. The van der Waals surface area contributed by atoms with Crippen LogP contribution in [0.25, 0.3) is 11.3 Å². The first-order valence-corrected chi connectivity index (χ1v) is 7.04. The second-order valence-corrected chi connectivity index (χ2v) is 4.96. The second kappa shape index (κ2) is 6.75. The Hall–Kier alpha value is -3.46. The predicted molar refractivity (Wildman–Crippen MR) is 82.2 cm³/mol. The molecule has 2 aromatic carbocycles. The second-order valence-electron chi connectivity index (χ2n) is 4.96. The van der Waals surface area contributed by atoms with E-state index in [9.17, 15) is 9.18 Å². The highest BCUT2D eigenvalue weighted by molar-refractivity contribution is 5.89. The molecule has 5 nitrogen and oxygen atoms in total. The van der Waals surface area contributed by atoms with Crippen LogP contribution in [0, 0.1) is 17.1 Å². The standard InChI is InChI=1S/C18H11FN2O3/c19-15-6-4-13(5-7-15)17-9-16(21-24-17)11-23-18(22)14-3-1-2-12(8-14)10-20/h1-9H,11H2. The Balaban J connectivity index is 1.66. The molecular formula is C18H11FN2O3. The summed E-state index contributed by atoms with van der Waals surface area (Å²) in [6.45, 7) is -0.0691. The minimum Gasteiger partial charge on any atom is -0.455 e. The van der Waals surface area contributed by atoms with Gasteiger partial charge in [-0.2, -0.15) is 5.26 Å². The quantitative estimate of drug-likeness (QED) is 0.684. The number of rotatable bonds is 4. The summed E-state index contributed by atoms with van der Waals surface area (Å²) in [6, 6.07) is 15.6.